The molecule has 0 spiro atoms. The van der Waals surface area contributed by atoms with Crippen LogP contribution in [0.1, 0.15) is 6.92 Å². The highest BCUT2D eigenvalue weighted by molar-refractivity contribution is 6.10. The van der Waals surface area contributed by atoms with E-state index in [0.717, 1.165) is 0 Å². The van der Waals surface area contributed by atoms with Gasteiger partial charge in [0.1, 0.15) is 18.0 Å². The van der Waals surface area contributed by atoms with Crippen LogP contribution in [-0.2, 0) is 9.59 Å². The van der Waals surface area contributed by atoms with Crippen molar-refractivity contribution in [2.45, 2.75) is 13.0 Å². The number of amides is 2. The second-order valence-corrected chi connectivity index (χ2v) is 5.43. The van der Waals surface area contributed by atoms with Crippen LogP contribution in [0.15, 0.2) is 48.5 Å². The summed E-state index contributed by atoms with van der Waals surface area (Å²) >= 11 is 0. The number of carbonyl (C=O) groups excluding carboxylic acids is 2. The second-order valence-electron chi connectivity index (χ2n) is 5.43. The minimum Gasteiger partial charge on any atom is -0.497 e. The van der Waals surface area contributed by atoms with E-state index in [2.05, 4.69) is 5.32 Å². The molecule has 2 aromatic rings. The Kier molecular flexibility index (Phi) is 4.37. The van der Waals surface area contributed by atoms with Gasteiger partial charge in [-0.25, -0.2) is 0 Å². The molecule has 0 radical (unpaired) electrons. The number of hydrogen-bond acceptors (Lipinski definition) is 4. The van der Waals surface area contributed by atoms with E-state index in [-0.39, 0.29) is 18.4 Å². The summed E-state index contributed by atoms with van der Waals surface area (Å²) in [7, 11) is 1.57. The van der Waals surface area contributed by atoms with E-state index < -0.39 is 6.10 Å². The van der Waals surface area contributed by atoms with Gasteiger partial charge in [-0.3, -0.25) is 14.5 Å². The maximum Gasteiger partial charge on any atom is 0.268 e. The summed E-state index contributed by atoms with van der Waals surface area (Å²) in [6.07, 6.45) is -0.740. The smallest absolute Gasteiger partial charge is 0.268 e. The normalized spacial score (nSPS) is 14.4. The molecule has 124 valence electrons. The molecule has 1 N–H and O–H groups in total. The minimum absolute atomic E-state index is 0.0261. The lowest BCUT2D eigenvalue weighted by Crippen LogP contribution is -2.47. The fourth-order valence-corrected chi connectivity index (χ4v) is 2.58. The summed E-state index contributed by atoms with van der Waals surface area (Å²) in [6.45, 7) is 1.64. The number of carbonyl (C=O) groups is 2. The van der Waals surface area contributed by atoms with E-state index in [9.17, 15) is 9.59 Å². The molecule has 2 amide bonds. The summed E-state index contributed by atoms with van der Waals surface area (Å²) in [4.78, 5) is 26.0. The van der Waals surface area contributed by atoms with Crippen LogP contribution < -0.4 is 19.7 Å². The summed E-state index contributed by atoms with van der Waals surface area (Å²) in [5, 5.41) is 2.76. The number of nitrogens with one attached hydrogen (secondary N) is 1. The summed E-state index contributed by atoms with van der Waals surface area (Å²) in [5.74, 6) is 0.676. The fourth-order valence-electron chi connectivity index (χ4n) is 2.58. The van der Waals surface area contributed by atoms with E-state index in [1.165, 1.54) is 4.90 Å². The largest absolute Gasteiger partial charge is 0.497 e. The van der Waals surface area contributed by atoms with Crippen LogP contribution in [0, 0.1) is 0 Å². The molecule has 6 heteroatoms. The number of methoxy groups -OCH3 is 1. The lowest BCUT2D eigenvalue weighted by Gasteiger charge is -2.31. The van der Waals surface area contributed by atoms with Gasteiger partial charge in [0.15, 0.2) is 6.10 Å². The van der Waals surface area contributed by atoms with Crippen molar-refractivity contribution in [3.05, 3.63) is 48.5 Å². The molecule has 0 bridgehead atoms. The first-order valence-corrected chi connectivity index (χ1v) is 7.59. The van der Waals surface area contributed by atoms with E-state index in [4.69, 9.17) is 9.47 Å². The highest BCUT2D eigenvalue weighted by Crippen LogP contribution is 2.30. The van der Waals surface area contributed by atoms with Gasteiger partial charge in [0.25, 0.3) is 5.91 Å². The van der Waals surface area contributed by atoms with Gasteiger partial charge in [0.2, 0.25) is 5.91 Å². The van der Waals surface area contributed by atoms with Crippen molar-refractivity contribution in [3.63, 3.8) is 0 Å². The third-order valence-electron chi connectivity index (χ3n) is 3.74. The first-order chi connectivity index (χ1) is 11.6. The molecule has 3 rings (SSSR count). The van der Waals surface area contributed by atoms with Gasteiger partial charge in [-0.1, -0.05) is 18.2 Å². The number of ether oxygens (including phenoxy) is 2. The van der Waals surface area contributed by atoms with Gasteiger partial charge in [0.05, 0.1) is 18.5 Å². The SMILES string of the molecule is COc1cccc(O[C@H](C)C(=O)N2CC(=O)Nc3ccccc32)c1. The molecule has 1 aliphatic heterocycles. The zero-order valence-corrected chi connectivity index (χ0v) is 13.5. The van der Waals surface area contributed by atoms with Gasteiger partial charge in [-0.2, -0.15) is 0 Å². The molecule has 0 saturated carbocycles. The first-order valence-electron chi connectivity index (χ1n) is 7.59. The van der Waals surface area contributed by atoms with Gasteiger partial charge < -0.3 is 14.8 Å². The van der Waals surface area contributed by atoms with Gasteiger partial charge in [-0.05, 0) is 31.2 Å². The van der Waals surface area contributed by atoms with Crippen molar-refractivity contribution >= 4 is 23.2 Å². The van der Waals surface area contributed by atoms with Crippen molar-refractivity contribution in [1.82, 2.24) is 0 Å². The van der Waals surface area contributed by atoms with Gasteiger partial charge in [0, 0.05) is 6.07 Å². The van der Waals surface area contributed by atoms with Crippen LogP contribution in [0.4, 0.5) is 11.4 Å². The van der Waals surface area contributed by atoms with Crippen LogP contribution in [0.25, 0.3) is 0 Å². The van der Waals surface area contributed by atoms with Crippen LogP contribution in [0.5, 0.6) is 11.5 Å². The summed E-state index contributed by atoms with van der Waals surface area (Å²) in [6, 6.07) is 14.2. The second kappa shape index (κ2) is 6.62. The molecular formula is C18H18N2O4. The molecule has 6 nitrogen and oxygen atoms in total. The Morgan fingerprint density at radius 3 is 2.71 bits per heavy atom. The zero-order valence-electron chi connectivity index (χ0n) is 13.5. The topological polar surface area (TPSA) is 67.9 Å². The Morgan fingerprint density at radius 1 is 1.17 bits per heavy atom. The van der Waals surface area contributed by atoms with E-state index in [1.54, 1.807) is 50.4 Å². The Morgan fingerprint density at radius 2 is 1.92 bits per heavy atom. The molecule has 0 saturated heterocycles. The summed E-state index contributed by atoms with van der Waals surface area (Å²) < 4.78 is 10.9. The Bertz CT molecular complexity index is 775. The van der Waals surface area contributed by atoms with Gasteiger partial charge >= 0.3 is 0 Å². The van der Waals surface area contributed by atoms with E-state index >= 15 is 0 Å². The maximum absolute atomic E-state index is 12.8. The number of fused-ring (bicyclic) bond motifs is 1. The van der Waals surface area contributed by atoms with Crippen molar-refractivity contribution in [3.8, 4) is 11.5 Å². The van der Waals surface area contributed by atoms with E-state index in [1.807, 2.05) is 12.1 Å². The number of benzene rings is 2. The van der Waals surface area contributed by atoms with Crippen LogP contribution >= 0.6 is 0 Å². The Hall–Kier alpha value is -3.02. The number of rotatable bonds is 4. The zero-order chi connectivity index (χ0) is 17.1. The first kappa shape index (κ1) is 15.9. The predicted molar refractivity (Wildman–Crippen MR) is 90.5 cm³/mol. The van der Waals surface area contributed by atoms with Crippen LogP contribution in [-0.4, -0.2) is 31.6 Å². The Balaban J connectivity index is 1.79. The van der Waals surface area contributed by atoms with Crippen molar-refractivity contribution < 1.29 is 19.1 Å². The summed E-state index contributed by atoms with van der Waals surface area (Å²) in [5.41, 5.74) is 1.29. The lowest BCUT2D eigenvalue weighted by atomic mass is 10.1. The molecule has 0 aromatic heterocycles. The van der Waals surface area contributed by atoms with E-state index in [0.29, 0.717) is 22.9 Å². The maximum atomic E-state index is 12.8. The number of anilines is 2. The quantitative estimate of drug-likeness (QED) is 0.937. The average Bonchev–Trinajstić information content (AvgIpc) is 2.60. The number of nitrogens with zero attached hydrogens (tertiary/aromatic N) is 1. The Labute approximate surface area is 140 Å². The average molecular weight is 326 g/mol. The third-order valence-corrected chi connectivity index (χ3v) is 3.74. The van der Waals surface area contributed by atoms with Crippen LogP contribution in [0.2, 0.25) is 0 Å². The predicted octanol–water partition coefficient (Wildman–Crippen LogP) is 2.45. The molecule has 0 aliphatic carbocycles. The number of para-hydroxylation sites is 2. The van der Waals surface area contributed by atoms with Gasteiger partial charge in [-0.15, -0.1) is 0 Å². The van der Waals surface area contributed by atoms with Crippen molar-refractivity contribution in [1.29, 1.82) is 0 Å². The molecule has 24 heavy (non-hydrogen) atoms. The monoisotopic (exact) mass is 326 g/mol. The molecule has 0 fully saturated rings. The highest BCUT2D eigenvalue weighted by Gasteiger charge is 2.30. The molecule has 1 aliphatic rings. The molecular weight excluding hydrogens is 308 g/mol. The third kappa shape index (κ3) is 3.17. The lowest BCUT2D eigenvalue weighted by molar-refractivity contribution is -0.126. The standard InChI is InChI=1S/C18H18N2O4/c1-12(24-14-7-5-6-13(10-14)23-2)18(22)20-11-17(21)19-15-8-3-4-9-16(15)20/h3-10,12H,11H2,1-2H3,(H,19,21)/t12-/m1/s1. The van der Waals surface area contributed by atoms with Crippen molar-refractivity contribution in [2.24, 2.45) is 0 Å². The molecule has 2 aromatic carbocycles. The number of hydrogen-bond donors (Lipinski definition) is 1. The fraction of sp³-hybridized carbons (Fsp3) is 0.222. The molecule has 1 heterocycles. The molecule has 0 unspecified atom stereocenters. The highest BCUT2D eigenvalue weighted by atomic mass is 16.5. The van der Waals surface area contributed by atoms with Crippen LogP contribution in [0.3, 0.4) is 0 Å². The minimum atomic E-state index is -0.740. The molecule has 1 atom stereocenters. The van der Waals surface area contributed by atoms with Crippen molar-refractivity contribution in [2.75, 3.05) is 23.9 Å².